The van der Waals surface area contributed by atoms with E-state index in [1.54, 1.807) is 0 Å². The van der Waals surface area contributed by atoms with Crippen molar-refractivity contribution in [2.75, 3.05) is 0 Å². The third kappa shape index (κ3) is 9.83. The molecule has 0 heterocycles. The molecular formula is H3BaKNbTi. The topological polar surface area (TPSA) is 0 Å². The van der Waals surface area contributed by atoms with Crippen molar-refractivity contribution in [2.45, 2.75) is 0 Å². The third-order valence-electron chi connectivity index (χ3n) is 0. The molecule has 0 bridgehead atoms. The molecule has 0 saturated carbocycles. The Morgan fingerprint density at radius 2 is 1.00 bits per heavy atom. The molecule has 0 aromatic carbocycles. The van der Waals surface area contributed by atoms with Crippen molar-refractivity contribution in [1.82, 2.24) is 0 Å². The predicted octanol–water partition coefficient (Wildman–Crippen LogP) is -1.57. The zero-order valence-electron chi connectivity index (χ0n) is 0.947. The Morgan fingerprint density at radius 1 is 1.00 bits per heavy atom. The van der Waals surface area contributed by atoms with Crippen molar-refractivity contribution in [3.8, 4) is 0 Å². The van der Waals surface area contributed by atoms with Crippen molar-refractivity contribution in [3.63, 3.8) is 0 Å². The van der Waals surface area contributed by atoms with Crippen molar-refractivity contribution >= 4 is 100 Å². The molecular weight excluding hydrogens is 317 g/mol. The van der Waals surface area contributed by atoms with Gasteiger partial charge in [-0.05, 0) is 0 Å². The third-order valence-corrected chi connectivity index (χ3v) is 0. The van der Waals surface area contributed by atoms with Crippen LogP contribution in [-0.4, -0.2) is 100 Å². The molecule has 4 heteroatoms. The molecule has 0 nitrogen and oxygen atoms in total. The summed E-state index contributed by atoms with van der Waals surface area (Å²) in [6.07, 6.45) is 0. The van der Waals surface area contributed by atoms with Gasteiger partial charge in [0.25, 0.3) is 0 Å². The van der Waals surface area contributed by atoms with Crippen LogP contribution in [0.25, 0.3) is 0 Å². The summed E-state index contributed by atoms with van der Waals surface area (Å²) in [6.45, 7) is 0. The van der Waals surface area contributed by atoms with Gasteiger partial charge >= 0.3 is 100 Å². The molecule has 0 amide bonds. The van der Waals surface area contributed by atoms with E-state index in [-0.39, 0.29) is 144 Å². The van der Waals surface area contributed by atoms with E-state index in [1.165, 1.54) is 0 Å². The maximum Gasteiger partial charge on any atom is 0 e. The Kier molecular flexibility index (Phi) is 91.5. The molecule has 0 aliphatic carbocycles. The molecule has 0 aromatic heterocycles. The van der Waals surface area contributed by atoms with E-state index < -0.39 is 0 Å². The molecule has 0 unspecified atom stereocenters. The van der Waals surface area contributed by atoms with Crippen molar-refractivity contribution in [3.05, 3.63) is 0 Å². The van der Waals surface area contributed by atoms with E-state index in [1.807, 2.05) is 0 Å². The summed E-state index contributed by atoms with van der Waals surface area (Å²) in [5, 5.41) is 0. The number of rotatable bonds is 0. The second kappa shape index (κ2) is 15.6. The second-order valence-electron chi connectivity index (χ2n) is 0. The average Bonchev–Trinajstić information content (AvgIpc) is 0. The van der Waals surface area contributed by atoms with Crippen molar-refractivity contribution in [1.29, 1.82) is 0 Å². The van der Waals surface area contributed by atoms with Crippen molar-refractivity contribution in [2.24, 2.45) is 0 Å². The Hall–Kier alpha value is 4.66. The Morgan fingerprint density at radius 3 is 1.00 bits per heavy atom. The summed E-state index contributed by atoms with van der Waals surface area (Å²) in [7, 11) is 0. The van der Waals surface area contributed by atoms with E-state index in [0.717, 1.165) is 0 Å². The summed E-state index contributed by atoms with van der Waals surface area (Å²) in [5.41, 5.74) is 0. The molecule has 15 valence electrons. The van der Waals surface area contributed by atoms with E-state index in [0.29, 0.717) is 0 Å². The van der Waals surface area contributed by atoms with E-state index in [2.05, 4.69) is 0 Å². The molecule has 1 radical (unpaired) electrons. The molecule has 0 aliphatic heterocycles. The van der Waals surface area contributed by atoms with Crippen LogP contribution < -0.4 is 0 Å². The van der Waals surface area contributed by atoms with Gasteiger partial charge in [-0.25, -0.2) is 0 Å². The second-order valence-corrected chi connectivity index (χ2v) is 0. The first-order valence-corrected chi connectivity index (χ1v) is 0. The fourth-order valence-corrected chi connectivity index (χ4v) is 0. The number of hydrogen-bond donors (Lipinski definition) is 0. The number of hydrogen-bond acceptors (Lipinski definition) is 0. The molecule has 0 fully saturated rings. The van der Waals surface area contributed by atoms with Crippen LogP contribution in [0, 0.1) is 0 Å². The molecule has 0 rings (SSSR count). The summed E-state index contributed by atoms with van der Waals surface area (Å²) in [4.78, 5) is 0. The summed E-state index contributed by atoms with van der Waals surface area (Å²) in [6, 6.07) is 0. The van der Waals surface area contributed by atoms with Gasteiger partial charge in [0.15, 0.2) is 0 Å². The quantitative estimate of drug-likeness (QED) is 0.473. The first-order valence-electron chi connectivity index (χ1n) is 0. The van der Waals surface area contributed by atoms with Crippen LogP contribution in [0.2, 0.25) is 0 Å². The van der Waals surface area contributed by atoms with Gasteiger partial charge in [0.2, 0.25) is 0 Å². The van der Waals surface area contributed by atoms with Gasteiger partial charge in [-0.2, -0.15) is 0 Å². The minimum absolute atomic E-state index is 0. The van der Waals surface area contributed by atoms with Crippen LogP contribution >= 0.6 is 0 Å². The largest absolute Gasteiger partial charge is 0 e. The maximum atomic E-state index is 0. The van der Waals surface area contributed by atoms with E-state index in [4.69, 9.17) is 0 Å². The van der Waals surface area contributed by atoms with Crippen LogP contribution in [0.4, 0.5) is 0 Å². The molecule has 0 atom stereocenters. The van der Waals surface area contributed by atoms with Gasteiger partial charge in [-0.15, -0.1) is 0 Å². The monoisotopic (exact) mass is 321 g/mol. The van der Waals surface area contributed by atoms with Crippen molar-refractivity contribution < 1.29 is 44.1 Å². The Balaban J connectivity index is 0. The normalized spacial score (nSPS) is 0. The molecule has 0 saturated heterocycles. The Bertz CT molecular complexity index is 8.00. The fourth-order valence-electron chi connectivity index (χ4n) is 0. The smallest absolute Gasteiger partial charge is 0 e. The average molecular weight is 320 g/mol. The fraction of sp³-hybridized carbons (Fsp3) is 0. The first-order chi connectivity index (χ1) is 0. The van der Waals surface area contributed by atoms with Gasteiger partial charge in [0.05, 0.1) is 0 Å². The molecule has 0 aromatic rings. The molecule has 0 aliphatic rings. The first kappa shape index (κ1) is 23.4. The van der Waals surface area contributed by atoms with E-state index in [9.17, 15) is 0 Å². The van der Waals surface area contributed by atoms with Crippen LogP contribution in [0.1, 0.15) is 0 Å². The molecule has 4 heavy (non-hydrogen) atoms. The molecule has 0 N–H and O–H groups in total. The Labute approximate surface area is 140 Å². The van der Waals surface area contributed by atoms with Gasteiger partial charge in [-0.1, -0.05) is 0 Å². The SMILES string of the molecule is [BaH2].[KH].[Nb].[Ti]. The van der Waals surface area contributed by atoms with Gasteiger partial charge in [0, 0.05) is 44.1 Å². The van der Waals surface area contributed by atoms with Crippen LogP contribution in [0.15, 0.2) is 0 Å². The predicted molar refractivity (Wildman–Crippen MR) is 15.7 cm³/mol. The summed E-state index contributed by atoms with van der Waals surface area (Å²) < 4.78 is 0. The zero-order chi connectivity index (χ0) is 0. The molecule has 0 spiro atoms. The minimum Gasteiger partial charge on any atom is 0 e. The zero-order valence-corrected chi connectivity index (χ0v) is 4.71. The maximum absolute atomic E-state index is 0. The van der Waals surface area contributed by atoms with E-state index >= 15 is 0 Å². The standard InChI is InChI=1S/Ba.K.Nb.Ti.3H. The van der Waals surface area contributed by atoms with Crippen LogP contribution in [0.5, 0.6) is 0 Å². The summed E-state index contributed by atoms with van der Waals surface area (Å²) >= 11 is 0. The van der Waals surface area contributed by atoms with Gasteiger partial charge in [-0.3, -0.25) is 0 Å². The van der Waals surface area contributed by atoms with Crippen LogP contribution in [-0.2, 0) is 44.1 Å². The minimum atomic E-state index is 0. The van der Waals surface area contributed by atoms with Gasteiger partial charge < -0.3 is 0 Å². The van der Waals surface area contributed by atoms with Gasteiger partial charge in [0.1, 0.15) is 0 Å². The summed E-state index contributed by atoms with van der Waals surface area (Å²) in [5.74, 6) is 0. The van der Waals surface area contributed by atoms with Crippen LogP contribution in [0.3, 0.4) is 0 Å².